The summed E-state index contributed by atoms with van der Waals surface area (Å²) in [5.41, 5.74) is 0. The van der Waals surface area contributed by atoms with Crippen molar-refractivity contribution in [1.82, 2.24) is 14.8 Å². The van der Waals surface area contributed by atoms with Gasteiger partial charge in [-0.3, -0.25) is 4.68 Å². The lowest BCUT2D eigenvalue weighted by Crippen LogP contribution is -2.00. The molecular weight excluding hydrogens is 206 g/mol. The first-order valence-electron chi connectivity index (χ1n) is 3.75. The molecular formula is C7H12BrN3. The Bertz CT molecular complexity index is 184. The standard InChI is InChI=1S/C7H12BrN3/c1-7(8)3-2-4-11-6-9-5-10-11/h5-7H,2-4H2,1H3. The maximum absolute atomic E-state index is 4.00. The van der Waals surface area contributed by atoms with E-state index in [9.17, 15) is 0 Å². The molecule has 0 saturated heterocycles. The Morgan fingerprint density at radius 2 is 2.45 bits per heavy atom. The predicted octanol–water partition coefficient (Wildman–Crippen LogP) is 1.84. The second-order valence-corrected chi connectivity index (χ2v) is 4.14. The predicted molar refractivity (Wildman–Crippen MR) is 47.6 cm³/mol. The molecule has 1 aromatic heterocycles. The summed E-state index contributed by atoms with van der Waals surface area (Å²) >= 11 is 3.49. The first-order chi connectivity index (χ1) is 5.29. The van der Waals surface area contributed by atoms with Crippen LogP contribution in [0.2, 0.25) is 0 Å². The lowest BCUT2D eigenvalue weighted by Gasteiger charge is -2.01. The lowest BCUT2D eigenvalue weighted by atomic mass is 10.2. The van der Waals surface area contributed by atoms with Crippen LogP contribution in [0.3, 0.4) is 0 Å². The first kappa shape index (κ1) is 8.71. The summed E-state index contributed by atoms with van der Waals surface area (Å²) in [6.45, 7) is 3.12. The summed E-state index contributed by atoms with van der Waals surface area (Å²) in [6, 6.07) is 0. The highest BCUT2D eigenvalue weighted by Crippen LogP contribution is 2.06. The molecule has 0 aliphatic rings. The van der Waals surface area contributed by atoms with Crippen LogP contribution in [-0.2, 0) is 6.54 Å². The van der Waals surface area contributed by atoms with E-state index in [4.69, 9.17) is 0 Å². The van der Waals surface area contributed by atoms with E-state index in [1.807, 2.05) is 4.68 Å². The Morgan fingerprint density at radius 3 is 3.00 bits per heavy atom. The highest BCUT2D eigenvalue weighted by Gasteiger charge is 1.95. The van der Waals surface area contributed by atoms with Crippen LogP contribution in [0, 0.1) is 0 Å². The Labute approximate surface area is 75.0 Å². The van der Waals surface area contributed by atoms with Crippen LogP contribution in [0.1, 0.15) is 19.8 Å². The molecule has 1 aromatic rings. The van der Waals surface area contributed by atoms with E-state index in [2.05, 4.69) is 32.9 Å². The highest BCUT2D eigenvalue weighted by molar-refractivity contribution is 9.09. The zero-order valence-electron chi connectivity index (χ0n) is 6.57. The van der Waals surface area contributed by atoms with Gasteiger partial charge >= 0.3 is 0 Å². The van der Waals surface area contributed by atoms with Crippen LogP contribution >= 0.6 is 15.9 Å². The van der Waals surface area contributed by atoms with Crippen LogP contribution < -0.4 is 0 Å². The Kier molecular flexibility index (Phi) is 3.56. The molecule has 0 N–H and O–H groups in total. The van der Waals surface area contributed by atoms with E-state index in [1.165, 1.54) is 6.42 Å². The van der Waals surface area contributed by atoms with Crippen molar-refractivity contribution in [1.29, 1.82) is 0 Å². The number of nitrogens with zero attached hydrogens (tertiary/aromatic N) is 3. The minimum Gasteiger partial charge on any atom is -0.253 e. The maximum atomic E-state index is 4.00. The van der Waals surface area contributed by atoms with E-state index in [0.717, 1.165) is 13.0 Å². The molecule has 0 radical (unpaired) electrons. The molecule has 3 nitrogen and oxygen atoms in total. The van der Waals surface area contributed by atoms with Gasteiger partial charge in [-0.25, -0.2) is 4.98 Å². The molecule has 0 fully saturated rings. The van der Waals surface area contributed by atoms with Gasteiger partial charge in [0.05, 0.1) is 0 Å². The van der Waals surface area contributed by atoms with Gasteiger partial charge in [0.2, 0.25) is 0 Å². The van der Waals surface area contributed by atoms with Crippen molar-refractivity contribution >= 4 is 15.9 Å². The number of hydrogen-bond donors (Lipinski definition) is 0. The van der Waals surface area contributed by atoms with E-state index >= 15 is 0 Å². The minimum atomic E-state index is 0.603. The quantitative estimate of drug-likeness (QED) is 0.722. The fourth-order valence-corrected chi connectivity index (χ4v) is 1.21. The number of aryl methyl sites for hydroxylation is 1. The third-order valence-electron chi connectivity index (χ3n) is 1.46. The SMILES string of the molecule is CC(Br)CCCn1cncn1. The van der Waals surface area contributed by atoms with Gasteiger partial charge < -0.3 is 0 Å². The molecule has 0 spiro atoms. The van der Waals surface area contributed by atoms with Gasteiger partial charge in [-0.1, -0.05) is 22.9 Å². The van der Waals surface area contributed by atoms with Crippen LogP contribution in [0.15, 0.2) is 12.7 Å². The summed E-state index contributed by atoms with van der Waals surface area (Å²) < 4.78 is 1.86. The fourth-order valence-electron chi connectivity index (χ4n) is 0.883. The Hall–Kier alpha value is -0.380. The van der Waals surface area contributed by atoms with Gasteiger partial charge in [-0.2, -0.15) is 5.10 Å². The minimum absolute atomic E-state index is 0.603. The van der Waals surface area contributed by atoms with E-state index < -0.39 is 0 Å². The van der Waals surface area contributed by atoms with Crippen molar-refractivity contribution in [3.63, 3.8) is 0 Å². The molecule has 11 heavy (non-hydrogen) atoms. The molecule has 1 atom stereocenters. The third kappa shape index (κ3) is 3.51. The lowest BCUT2D eigenvalue weighted by molar-refractivity contribution is 0.557. The van der Waals surface area contributed by atoms with E-state index in [-0.39, 0.29) is 0 Å². The van der Waals surface area contributed by atoms with Crippen LogP contribution in [0.5, 0.6) is 0 Å². The molecule has 0 aliphatic carbocycles. The molecule has 62 valence electrons. The monoisotopic (exact) mass is 217 g/mol. The molecule has 0 aromatic carbocycles. The van der Waals surface area contributed by atoms with E-state index in [1.54, 1.807) is 12.7 Å². The van der Waals surface area contributed by atoms with E-state index in [0.29, 0.717) is 4.83 Å². The maximum Gasteiger partial charge on any atom is 0.137 e. The Morgan fingerprint density at radius 1 is 1.64 bits per heavy atom. The zero-order chi connectivity index (χ0) is 8.10. The molecule has 1 unspecified atom stereocenters. The summed E-state index contributed by atoms with van der Waals surface area (Å²) in [4.78, 5) is 4.46. The fraction of sp³-hybridized carbons (Fsp3) is 0.714. The van der Waals surface area contributed by atoms with Crippen LogP contribution in [0.4, 0.5) is 0 Å². The number of rotatable bonds is 4. The third-order valence-corrected chi connectivity index (χ3v) is 1.91. The highest BCUT2D eigenvalue weighted by atomic mass is 79.9. The first-order valence-corrected chi connectivity index (χ1v) is 4.67. The van der Waals surface area contributed by atoms with Gasteiger partial charge in [-0.15, -0.1) is 0 Å². The van der Waals surface area contributed by atoms with Crippen molar-refractivity contribution in [2.75, 3.05) is 0 Å². The van der Waals surface area contributed by atoms with Crippen molar-refractivity contribution in [2.24, 2.45) is 0 Å². The van der Waals surface area contributed by atoms with Crippen molar-refractivity contribution < 1.29 is 0 Å². The van der Waals surface area contributed by atoms with Gasteiger partial charge in [-0.05, 0) is 12.8 Å². The normalized spacial score (nSPS) is 13.3. The Balaban J connectivity index is 2.14. The van der Waals surface area contributed by atoms with Gasteiger partial charge in [0.15, 0.2) is 0 Å². The summed E-state index contributed by atoms with van der Waals surface area (Å²) in [5, 5.41) is 4.00. The molecule has 4 heteroatoms. The average molecular weight is 218 g/mol. The van der Waals surface area contributed by atoms with Crippen LogP contribution in [0.25, 0.3) is 0 Å². The molecule has 0 aliphatic heterocycles. The van der Waals surface area contributed by atoms with Crippen LogP contribution in [-0.4, -0.2) is 19.6 Å². The van der Waals surface area contributed by atoms with Crippen molar-refractivity contribution in [3.05, 3.63) is 12.7 Å². The smallest absolute Gasteiger partial charge is 0.137 e. The summed E-state index contributed by atoms with van der Waals surface area (Å²) in [6.07, 6.45) is 5.64. The molecule has 1 heterocycles. The molecule has 0 amide bonds. The largest absolute Gasteiger partial charge is 0.253 e. The topological polar surface area (TPSA) is 30.7 Å². The second-order valence-electron chi connectivity index (χ2n) is 2.58. The van der Waals surface area contributed by atoms with Crippen molar-refractivity contribution in [3.8, 4) is 0 Å². The van der Waals surface area contributed by atoms with Gasteiger partial charge in [0, 0.05) is 11.4 Å². The second kappa shape index (κ2) is 4.49. The van der Waals surface area contributed by atoms with Gasteiger partial charge in [0.1, 0.15) is 12.7 Å². The molecule has 0 bridgehead atoms. The number of aromatic nitrogens is 3. The summed E-state index contributed by atoms with van der Waals surface area (Å²) in [7, 11) is 0. The number of hydrogen-bond acceptors (Lipinski definition) is 2. The number of halogens is 1. The van der Waals surface area contributed by atoms with Crippen molar-refractivity contribution in [2.45, 2.75) is 31.1 Å². The summed E-state index contributed by atoms with van der Waals surface area (Å²) in [5.74, 6) is 0. The average Bonchev–Trinajstić information content (AvgIpc) is 2.39. The molecule has 1 rings (SSSR count). The zero-order valence-corrected chi connectivity index (χ0v) is 8.16. The van der Waals surface area contributed by atoms with Gasteiger partial charge in [0.25, 0.3) is 0 Å². The molecule has 0 saturated carbocycles. The number of alkyl halides is 1.